The van der Waals surface area contributed by atoms with Crippen LogP contribution in [0.15, 0.2) is 71.6 Å². The van der Waals surface area contributed by atoms with Gasteiger partial charge in [0.1, 0.15) is 16.4 Å². The topological polar surface area (TPSA) is 82.6 Å². The molecule has 0 aliphatic carbocycles. The number of carbonyl (C=O) groups is 1. The summed E-state index contributed by atoms with van der Waals surface area (Å²) in [5.41, 5.74) is 1.68. The number of ether oxygens (including phenoxy) is 1. The number of Topliss-reactive ketones (excluding diaryl/α,β-unsaturated/α-hetero) is 1. The fourth-order valence-electron chi connectivity index (χ4n) is 2.91. The number of carbonyl (C=O) groups excluding carboxylic acids is 1. The second-order valence-corrected chi connectivity index (χ2v) is 8.31. The third-order valence-corrected chi connectivity index (χ3v) is 5.77. The molecule has 6 nitrogen and oxygen atoms in total. The van der Waals surface area contributed by atoms with Gasteiger partial charge in [0.15, 0.2) is 5.76 Å². The predicted octanol–water partition coefficient (Wildman–Crippen LogP) is 4.43. The first-order chi connectivity index (χ1) is 13.8. The van der Waals surface area contributed by atoms with Crippen molar-refractivity contribution >= 4 is 33.6 Å². The van der Waals surface area contributed by atoms with Crippen molar-refractivity contribution in [3.8, 4) is 11.5 Å². The maximum atomic E-state index is 12.7. The van der Waals surface area contributed by atoms with Crippen molar-refractivity contribution in [2.45, 2.75) is 11.8 Å². The Hall–Kier alpha value is -3.16. The van der Waals surface area contributed by atoms with Crippen LogP contribution < -0.4 is 8.92 Å². The van der Waals surface area contributed by atoms with Crippen LogP contribution in [-0.2, 0) is 10.1 Å². The molecule has 0 bridgehead atoms. The molecular formula is C21H14ClNO5S. The zero-order valence-electron chi connectivity index (χ0n) is 15.1. The second-order valence-electron chi connectivity index (χ2n) is 6.33. The SMILES string of the molecule is Cc1cc(OS(=O)(=O)c2ccc(Cl)cc2)cc2c1C(=O)/C(=C/c1ccncc1)O2. The molecule has 146 valence electrons. The lowest BCUT2D eigenvalue weighted by molar-refractivity contribution is 0.101. The van der Waals surface area contributed by atoms with E-state index in [9.17, 15) is 13.2 Å². The van der Waals surface area contributed by atoms with Crippen LogP contribution in [-0.4, -0.2) is 19.2 Å². The molecule has 1 aliphatic heterocycles. The van der Waals surface area contributed by atoms with Crippen molar-refractivity contribution in [3.05, 3.63) is 88.4 Å². The predicted molar refractivity (Wildman–Crippen MR) is 108 cm³/mol. The summed E-state index contributed by atoms with van der Waals surface area (Å²) >= 11 is 5.80. The third-order valence-electron chi connectivity index (χ3n) is 4.26. The maximum Gasteiger partial charge on any atom is 0.339 e. The quantitative estimate of drug-likeness (QED) is 0.452. The Morgan fingerprint density at radius 1 is 1.07 bits per heavy atom. The minimum atomic E-state index is -4.06. The monoisotopic (exact) mass is 427 g/mol. The minimum absolute atomic E-state index is 0.0321. The Morgan fingerprint density at radius 2 is 1.76 bits per heavy atom. The van der Waals surface area contributed by atoms with E-state index < -0.39 is 10.1 Å². The maximum absolute atomic E-state index is 12.7. The number of rotatable bonds is 4. The van der Waals surface area contributed by atoms with Crippen LogP contribution in [0.1, 0.15) is 21.5 Å². The fourth-order valence-corrected chi connectivity index (χ4v) is 3.95. The van der Waals surface area contributed by atoms with Gasteiger partial charge in [0, 0.05) is 23.5 Å². The van der Waals surface area contributed by atoms with Crippen molar-refractivity contribution in [1.29, 1.82) is 0 Å². The Bertz CT molecular complexity index is 1240. The van der Waals surface area contributed by atoms with Crippen molar-refractivity contribution < 1.29 is 22.1 Å². The molecule has 29 heavy (non-hydrogen) atoms. The van der Waals surface area contributed by atoms with E-state index in [0.29, 0.717) is 16.1 Å². The molecule has 0 amide bonds. The highest BCUT2D eigenvalue weighted by atomic mass is 35.5. The van der Waals surface area contributed by atoms with Gasteiger partial charge in [0.25, 0.3) is 0 Å². The molecule has 0 saturated carbocycles. The summed E-state index contributed by atoms with van der Waals surface area (Å²) in [6, 6.07) is 12.0. The number of halogens is 1. The average molecular weight is 428 g/mol. The Kier molecular flexibility index (Phi) is 4.86. The Labute approximate surface area is 172 Å². The number of hydrogen-bond donors (Lipinski definition) is 0. The summed E-state index contributed by atoms with van der Waals surface area (Å²) in [7, 11) is -4.06. The molecule has 2 heterocycles. The summed E-state index contributed by atoms with van der Waals surface area (Å²) in [6.07, 6.45) is 4.82. The van der Waals surface area contributed by atoms with Crippen molar-refractivity contribution in [2.24, 2.45) is 0 Å². The number of fused-ring (bicyclic) bond motifs is 1. The fraction of sp³-hybridized carbons (Fsp3) is 0.0476. The molecule has 8 heteroatoms. The molecular weight excluding hydrogens is 414 g/mol. The van der Waals surface area contributed by atoms with E-state index in [1.54, 1.807) is 37.5 Å². The molecule has 4 rings (SSSR count). The van der Waals surface area contributed by atoms with Crippen molar-refractivity contribution in [1.82, 2.24) is 4.98 Å². The summed E-state index contributed by atoms with van der Waals surface area (Å²) in [6.45, 7) is 1.69. The summed E-state index contributed by atoms with van der Waals surface area (Å²) in [5.74, 6) is 0.166. The molecule has 0 N–H and O–H groups in total. The van der Waals surface area contributed by atoms with Gasteiger partial charge in [0.2, 0.25) is 5.78 Å². The number of hydrogen-bond acceptors (Lipinski definition) is 6. The Balaban J connectivity index is 1.65. The van der Waals surface area contributed by atoms with E-state index in [-0.39, 0.29) is 27.9 Å². The van der Waals surface area contributed by atoms with Gasteiger partial charge in [-0.2, -0.15) is 8.42 Å². The van der Waals surface area contributed by atoms with E-state index >= 15 is 0 Å². The lowest BCUT2D eigenvalue weighted by Gasteiger charge is -2.09. The largest absolute Gasteiger partial charge is 0.452 e. The van der Waals surface area contributed by atoms with Crippen LogP contribution in [0.4, 0.5) is 0 Å². The van der Waals surface area contributed by atoms with Crippen LogP contribution in [0, 0.1) is 6.92 Å². The van der Waals surface area contributed by atoms with Crippen LogP contribution in [0.5, 0.6) is 11.5 Å². The molecule has 0 saturated heterocycles. The van der Waals surface area contributed by atoms with Crippen LogP contribution in [0.3, 0.4) is 0 Å². The van der Waals surface area contributed by atoms with Gasteiger partial charge in [-0.15, -0.1) is 0 Å². The van der Waals surface area contributed by atoms with Gasteiger partial charge < -0.3 is 8.92 Å². The molecule has 0 fully saturated rings. The van der Waals surface area contributed by atoms with E-state index in [1.165, 1.54) is 36.4 Å². The third kappa shape index (κ3) is 3.87. The summed E-state index contributed by atoms with van der Waals surface area (Å²) in [5, 5.41) is 0.415. The second kappa shape index (κ2) is 7.35. The number of aromatic nitrogens is 1. The lowest BCUT2D eigenvalue weighted by Crippen LogP contribution is -2.10. The first kappa shape index (κ1) is 19.2. The minimum Gasteiger partial charge on any atom is -0.452 e. The molecule has 0 unspecified atom stereocenters. The normalized spacial score (nSPS) is 14.6. The number of benzene rings is 2. The van der Waals surface area contributed by atoms with Crippen molar-refractivity contribution in [2.75, 3.05) is 0 Å². The zero-order chi connectivity index (χ0) is 20.6. The smallest absolute Gasteiger partial charge is 0.339 e. The van der Waals surface area contributed by atoms with Gasteiger partial charge >= 0.3 is 10.1 Å². The highest BCUT2D eigenvalue weighted by molar-refractivity contribution is 7.87. The molecule has 3 aromatic rings. The number of allylic oxidation sites excluding steroid dienone is 1. The van der Waals surface area contributed by atoms with E-state index in [0.717, 1.165) is 5.56 Å². The highest BCUT2D eigenvalue weighted by Crippen LogP contribution is 2.38. The van der Waals surface area contributed by atoms with Gasteiger partial charge in [-0.25, -0.2) is 0 Å². The molecule has 2 aromatic carbocycles. The van der Waals surface area contributed by atoms with E-state index in [4.69, 9.17) is 20.5 Å². The Morgan fingerprint density at radius 3 is 2.45 bits per heavy atom. The highest BCUT2D eigenvalue weighted by Gasteiger charge is 2.30. The van der Waals surface area contributed by atoms with Gasteiger partial charge in [0.05, 0.1) is 5.56 Å². The number of aryl methyl sites for hydroxylation is 1. The zero-order valence-corrected chi connectivity index (χ0v) is 16.7. The van der Waals surface area contributed by atoms with Gasteiger partial charge in [-0.3, -0.25) is 9.78 Å². The lowest BCUT2D eigenvalue weighted by atomic mass is 10.0. The first-order valence-corrected chi connectivity index (χ1v) is 10.3. The molecule has 1 aliphatic rings. The van der Waals surface area contributed by atoms with Gasteiger partial charge in [-0.05, 0) is 66.6 Å². The van der Waals surface area contributed by atoms with Gasteiger partial charge in [-0.1, -0.05) is 11.6 Å². The molecule has 0 radical (unpaired) electrons. The number of pyridine rings is 1. The summed E-state index contributed by atoms with van der Waals surface area (Å²) < 4.78 is 35.9. The van der Waals surface area contributed by atoms with E-state index in [2.05, 4.69) is 4.98 Å². The van der Waals surface area contributed by atoms with Crippen LogP contribution in [0.25, 0.3) is 6.08 Å². The average Bonchev–Trinajstić information content (AvgIpc) is 2.98. The van der Waals surface area contributed by atoms with Crippen LogP contribution >= 0.6 is 11.6 Å². The molecule has 0 atom stereocenters. The van der Waals surface area contributed by atoms with E-state index in [1.807, 2.05) is 0 Å². The summed E-state index contributed by atoms with van der Waals surface area (Å²) in [4.78, 5) is 16.6. The first-order valence-electron chi connectivity index (χ1n) is 8.52. The standard InChI is InChI=1S/C21H14ClNO5S/c1-13-10-16(28-29(25,26)17-4-2-15(22)3-5-17)12-18-20(13)21(24)19(27-18)11-14-6-8-23-9-7-14/h2-12H,1H3/b19-11-. The van der Waals surface area contributed by atoms with Crippen molar-refractivity contribution in [3.63, 3.8) is 0 Å². The number of nitrogens with zero attached hydrogens (tertiary/aromatic N) is 1. The number of ketones is 1. The van der Waals surface area contributed by atoms with Crippen LogP contribution in [0.2, 0.25) is 5.02 Å². The molecule has 1 aromatic heterocycles. The molecule has 0 spiro atoms.